The SMILES string of the molecule is CC[C@H](NC(=O)[C@H](CCS(=O)(=O)c1ccccc1)N(N)C1=NS(=O)(=O)c2ccccc21)C(=O)c1nc2ccccc2o1. The molecule has 42 heavy (non-hydrogen) atoms. The summed E-state index contributed by atoms with van der Waals surface area (Å²) in [6.07, 6.45) is -0.185. The third kappa shape index (κ3) is 5.68. The number of hydrogen-bond acceptors (Lipinski definition) is 10. The quantitative estimate of drug-likeness (QED) is 0.154. The minimum absolute atomic E-state index is 0.0523. The highest BCUT2D eigenvalue weighted by atomic mass is 32.2. The van der Waals surface area contributed by atoms with Crippen molar-refractivity contribution in [1.82, 2.24) is 15.3 Å². The van der Waals surface area contributed by atoms with E-state index in [1.807, 2.05) is 0 Å². The highest BCUT2D eigenvalue weighted by molar-refractivity contribution is 7.91. The molecule has 0 bridgehead atoms. The van der Waals surface area contributed by atoms with Gasteiger partial charge in [0.1, 0.15) is 16.5 Å². The molecule has 0 saturated heterocycles. The van der Waals surface area contributed by atoms with Gasteiger partial charge in [-0.3, -0.25) is 14.6 Å². The number of amidine groups is 1. The Morgan fingerprint density at radius 2 is 1.67 bits per heavy atom. The van der Waals surface area contributed by atoms with Gasteiger partial charge in [-0.25, -0.2) is 19.2 Å². The van der Waals surface area contributed by atoms with Crippen molar-refractivity contribution in [2.45, 2.75) is 41.6 Å². The fourth-order valence-electron chi connectivity index (χ4n) is 4.58. The van der Waals surface area contributed by atoms with E-state index in [4.69, 9.17) is 10.3 Å². The van der Waals surface area contributed by atoms with Gasteiger partial charge in [0.15, 0.2) is 21.3 Å². The van der Waals surface area contributed by atoms with Gasteiger partial charge in [-0.2, -0.15) is 8.42 Å². The molecule has 1 amide bonds. The second kappa shape index (κ2) is 11.5. The molecule has 0 unspecified atom stereocenters. The standard InChI is InChI=1S/C28H27N5O7S2/c1-2-20(25(34)28-31-21-13-7-8-14-23(21)40-28)30-27(35)22(16-17-41(36,37)18-10-4-3-5-11-18)33(29)26-19-12-6-9-15-24(19)42(38,39)32-26/h3-15,20,22H,2,16-17,29H2,1H3,(H,30,35)/t20-,22-/m0/s1. The summed E-state index contributed by atoms with van der Waals surface area (Å²) in [4.78, 5) is 31.1. The monoisotopic (exact) mass is 609 g/mol. The number of sulfone groups is 1. The number of carbonyl (C=O) groups is 2. The van der Waals surface area contributed by atoms with Crippen molar-refractivity contribution >= 4 is 48.5 Å². The Bertz CT molecular complexity index is 1870. The molecule has 4 aromatic rings. The van der Waals surface area contributed by atoms with Crippen LogP contribution in [-0.2, 0) is 24.7 Å². The van der Waals surface area contributed by atoms with Crippen molar-refractivity contribution in [1.29, 1.82) is 0 Å². The predicted octanol–water partition coefficient (Wildman–Crippen LogP) is 2.46. The third-order valence-corrected chi connectivity index (χ3v) is 9.89. The molecule has 2 heterocycles. The molecule has 1 aliphatic heterocycles. The van der Waals surface area contributed by atoms with E-state index >= 15 is 0 Å². The molecule has 0 spiro atoms. The van der Waals surface area contributed by atoms with Gasteiger partial charge in [0.2, 0.25) is 11.7 Å². The zero-order valence-corrected chi connectivity index (χ0v) is 24.0. The molecule has 5 rings (SSSR count). The molecule has 12 nitrogen and oxygen atoms in total. The lowest BCUT2D eigenvalue weighted by molar-refractivity contribution is -0.125. The minimum Gasteiger partial charge on any atom is -0.434 e. The summed E-state index contributed by atoms with van der Waals surface area (Å²) < 4.78 is 60.8. The Balaban J connectivity index is 1.44. The number of nitrogens with zero attached hydrogens (tertiary/aromatic N) is 3. The van der Waals surface area contributed by atoms with Crippen LogP contribution in [0, 0.1) is 0 Å². The Labute approximate surface area is 242 Å². The zero-order chi connectivity index (χ0) is 30.1. The average Bonchev–Trinajstić information content (AvgIpc) is 3.54. The summed E-state index contributed by atoms with van der Waals surface area (Å²) in [6.45, 7) is 1.67. The van der Waals surface area contributed by atoms with Crippen LogP contribution in [0.5, 0.6) is 0 Å². The maximum atomic E-state index is 13.7. The van der Waals surface area contributed by atoms with Crippen LogP contribution in [0.25, 0.3) is 11.1 Å². The number of sulfonamides is 1. The number of fused-ring (bicyclic) bond motifs is 2. The first-order valence-electron chi connectivity index (χ1n) is 13.0. The summed E-state index contributed by atoms with van der Waals surface area (Å²) in [7, 11) is -7.94. The molecule has 14 heteroatoms. The van der Waals surface area contributed by atoms with Crippen LogP contribution in [0.1, 0.15) is 36.0 Å². The number of amides is 1. The summed E-state index contributed by atoms with van der Waals surface area (Å²) in [6, 6.07) is 17.9. The lowest BCUT2D eigenvalue weighted by atomic mass is 10.1. The number of para-hydroxylation sites is 2. The number of nitrogens with two attached hydrogens (primary N) is 1. The number of ketones is 1. The first kappa shape index (κ1) is 29.1. The molecule has 1 aliphatic rings. The van der Waals surface area contributed by atoms with Crippen molar-refractivity contribution in [3.8, 4) is 0 Å². The molecule has 1 aromatic heterocycles. The van der Waals surface area contributed by atoms with Gasteiger partial charge in [-0.1, -0.05) is 49.4 Å². The number of benzene rings is 3. The lowest BCUT2D eigenvalue weighted by Gasteiger charge is -2.29. The first-order chi connectivity index (χ1) is 20.0. The Hall–Kier alpha value is -4.40. The molecular weight excluding hydrogens is 582 g/mol. The number of hydrazine groups is 1. The fraction of sp³-hybridized carbons (Fsp3) is 0.214. The second-order valence-corrected chi connectivity index (χ2v) is 13.2. The molecule has 0 radical (unpaired) electrons. The summed E-state index contributed by atoms with van der Waals surface area (Å²) in [5.41, 5.74) is 1.04. The zero-order valence-electron chi connectivity index (χ0n) is 22.4. The number of Topliss-reactive ketones (excluding diaryl/α,β-unsaturated/α-hetero) is 1. The largest absolute Gasteiger partial charge is 0.434 e. The van der Waals surface area contributed by atoms with Gasteiger partial charge in [0.05, 0.1) is 16.7 Å². The Morgan fingerprint density at radius 1 is 1.00 bits per heavy atom. The highest BCUT2D eigenvalue weighted by Crippen LogP contribution is 2.28. The van der Waals surface area contributed by atoms with Crippen LogP contribution < -0.4 is 11.2 Å². The summed E-state index contributed by atoms with van der Waals surface area (Å²) in [5.74, 6) is 4.04. The molecule has 3 aromatic carbocycles. The maximum absolute atomic E-state index is 13.7. The third-order valence-electron chi connectivity index (χ3n) is 6.80. The van der Waals surface area contributed by atoms with Crippen LogP contribution in [-0.4, -0.2) is 62.2 Å². The summed E-state index contributed by atoms with van der Waals surface area (Å²) >= 11 is 0. The molecule has 2 atom stereocenters. The van der Waals surface area contributed by atoms with Crippen molar-refractivity contribution in [2.75, 3.05) is 5.75 Å². The van der Waals surface area contributed by atoms with Crippen LogP contribution in [0.2, 0.25) is 0 Å². The molecule has 218 valence electrons. The van der Waals surface area contributed by atoms with Gasteiger partial charge in [-0.05, 0) is 49.2 Å². The van der Waals surface area contributed by atoms with Gasteiger partial charge in [0, 0.05) is 5.56 Å². The number of carbonyl (C=O) groups excluding carboxylic acids is 2. The van der Waals surface area contributed by atoms with E-state index in [2.05, 4.69) is 14.7 Å². The van der Waals surface area contributed by atoms with Gasteiger partial charge in [-0.15, -0.1) is 4.40 Å². The number of oxazole rings is 1. The van der Waals surface area contributed by atoms with Crippen LogP contribution in [0.4, 0.5) is 0 Å². The average molecular weight is 610 g/mol. The summed E-state index contributed by atoms with van der Waals surface area (Å²) in [5, 5.41) is 3.47. The maximum Gasteiger partial charge on any atom is 0.285 e. The van der Waals surface area contributed by atoms with E-state index in [9.17, 15) is 26.4 Å². The molecular formula is C28H27N5O7S2. The normalized spacial score (nSPS) is 15.4. The lowest BCUT2D eigenvalue weighted by Crippen LogP contribution is -2.56. The Morgan fingerprint density at radius 3 is 2.38 bits per heavy atom. The van der Waals surface area contributed by atoms with E-state index < -0.39 is 49.4 Å². The minimum atomic E-state index is -4.09. The molecule has 0 fully saturated rings. The molecule has 0 aliphatic carbocycles. The van der Waals surface area contributed by atoms with E-state index in [1.54, 1.807) is 55.5 Å². The molecule has 0 saturated carbocycles. The van der Waals surface area contributed by atoms with Crippen molar-refractivity contribution < 1.29 is 30.8 Å². The van der Waals surface area contributed by atoms with Gasteiger partial charge in [0.25, 0.3) is 15.9 Å². The number of rotatable bonds is 10. The highest BCUT2D eigenvalue weighted by Gasteiger charge is 2.37. The predicted molar refractivity (Wildman–Crippen MR) is 154 cm³/mol. The topological polar surface area (TPSA) is 182 Å². The molecule has 3 N–H and O–H groups in total. The first-order valence-corrected chi connectivity index (χ1v) is 16.1. The van der Waals surface area contributed by atoms with Crippen LogP contribution in [0.15, 0.2) is 97.5 Å². The van der Waals surface area contributed by atoms with E-state index in [1.165, 1.54) is 30.3 Å². The van der Waals surface area contributed by atoms with E-state index in [-0.39, 0.29) is 39.9 Å². The van der Waals surface area contributed by atoms with Crippen molar-refractivity contribution in [3.05, 3.63) is 90.3 Å². The van der Waals surface area contributed by atoms with Crippen LogP contribution in [0.3, 0.4) is 0 Å². The van der Waals surface area contributed by atoms with Crippen molar-refractivity contribution in [3.63, 3.8) is 0 Å². The number of nitrogens with one attached hydrogen (secondary N) is 1. The van der Waals surface area contributed by atoms with E-state index in [0.29, 0.717) is 11.1 Å². The number of hydrogen-bond donors (Lipinski definition) is 2. The van der Waals surface area contributed by atoms with Crippen LogP contribution >= 0.6 is 0 Å². The fourth-order valence-corrected chi connectivity index (χ4v) is 7.13. The number of aromatic nitrogens is 1. The second-order valence-electron chi connectivity index (χ2n) is 9.55. The smallest absolute Gasteiger partial charge is 0.285 e. The van der Waals surface area contributed by atoms with E-state index in [0.717, 1.165) is 5.01 Å². The van der Waals surface area contributed by atoms with Gasteiger partial charge < -0.3 is 9.73 Å². The Kier molecular flexibility index (Phi) is 7.95. The van der Waals surface area contributed by atoms with Gasteiger partial charge >= 0.3 is 0 Å². The van der Waals surface area contributed by atoms with Crippen molar-refractivity contribution in [2.24, 2.45) is 10.2 Å².